The van der Waals surface area contributed by atoms with Crippen LogP contribution in [-0.2, 0) is 4.79 Å². The average Bonchev–Trinajstić information content (AvgIpc) is 2.95. The summed E-state index contributed by atoms with van der Waals surface area (Å²) in [5.74, 6) is 0.218. The van der Waals surface area contributed by atoms with Crippen LogP contribution < -0.4 is 10.6 Å². The van der Waals surface area contributed by atoms with Crippen LogP contribution in [0, 0.1) is 13.8 Å². The molecule has 1 aliphatic heterocycles. The number of hydrogen-bond donors (Lipinski definition) is 1. The molecule has 1 aromatic heterocycles. The molecule has 1 fully saturated rings. The topological polar surface area (TPSA) is 59.2 Å². The van der Waals surface area contributed by atoms with E-state index >= 15 is 0 Å². The van der Waals surface area contributed by atoms with Crippen LogP contribution >= 0.6 is 11.3 Å². The highest BCUT2D eigenvalue weighted by Gasteiger charge is 2.23. The Balaban J connectivity index is 1.99. The van der Waals surface area contributed by atoms with Gasteiger partial charge in [0.05, 0.1) is 5.69 Å². The van der Waals surface area contributed by atoms with Crippen LogP contribution in [0.4, 0.5) is 10.8 Å². The lowest BCUT2D eigenvalue weighted by molar-refractivity contribution is -0.117. The molecule has 0 radical (unpaired) electrons. The molecule has 0 spiro atoms. The smallest absolute Gasteiger partial charge is 0.227 e. The van der Waals surface area contributed by atoms with E-state index < -0.39 is 0 Å². The number of nitrogen functional groups attached to an aromatic ring is 1. The van der Waals surface area contributed by atoms with Gasteiger partial charge in [0.25, 0.3) is 0 Å². The van der Waals surface area contributed by atoms with Gasteiger partial charge in [-0.2, -0.15) is 0 Å². The molecule has 0 atom stereocenters. The Hall–Kier alpha value is -1.88. The normalized spacial score (nSPS) is 15.1. The highest BCUT2D eigenvalue weighted by Crippen LogP contribution is 2.33. The van der Waals surface area contributed by atoms with E-state index in [-0.39, 0.29) is 5.91 Å². The molecular formula is C15H17N3OS. The number of aryl methyl sites for hydroxylation is 2. The number of aromatic nitrogens is 1. The summed E-state index contributed by atoms with van der Waals surface area (Å²) in [5, 5.41) is 0.592. The minimum Gasteiger partial charge on any atom is -0.375 e. The average molecular weight is 287 g/mol. The van der Waals surface area contributed by atoms with Crippen LogP contribution in [0.2, 0.25) is 0 Å². The predicted molar refractivity (Wildman–Crippen MR) is 83.0 cm³/mol. The van der Waals surface area contributed by atoms with Crippen molar-refractivity contribution in [3.8, 4) is 11.3 Å². The second-order valence-corrected chi connectivity index (χ2v) is 6.34. The Morgan fingerprint density at radius 3 is 2.70 bits per heavy atom. The Bertz CT molecular complexity index is 678. The molecule has 2 aromatic rings. The fourth-order valence-electron chi connectivity index (χ4n) is 2.69. The summed E-state index contributed by atoms with van der Waals surface area (Å²) in [6, 6.07) is 6.13. The minimum atomic E-state index is 0.218. The van der Waals surface area contributed by atoms with E-state index in [9.17, 15) is 4.79 Å². The fourth-order valence-corrected chi connectivity index (χ4v) is 3.40. The second kappa shape index (κ2) is 4.90. The van der Waals surface area contributed by atoms with Crippen molar-refractivity contribution in [1.29, 1.82) is 0 Å². The third-order valence-corrected chi connectivity index (χ3v) is 4.45. The molecule has 1 saturated heterocycles. The van der Waals surface area contributed by atoms with E-state index in [2.05, 4.69) is 11.1 Å². The summed E-state index contributed by atoms with van der Waals surface area (Å²) in [7, 11) is 0. The van der Waals surface area contributed by atoms with Crippen LogP contribution in [-0.4, -0.2) is 17.4 Å². The maximum absolute atomic E-state index is 11.8. The number of amides is 1. The van der Waals surface area contributed by atoms with Crippen molar-refractivity contribution >= 4 is 28.1 Å². The van der Waals surface area contributed by atoms with Crippen LogP contribution in [0.1, 0.15) is 23.3 Å². The molecule has 1 aliphatic rings. The standard InChI is InChI=1S/C15H17N3OS/c1-9-8-11(14-10(2)20-15(16)17-14)5-6-12(9)18-7-3-4-13(18)19/h5-6,8H,3-4,7H2,1-2H3,(H2,16,17). The highest BCUT2D eigenvalue weighted by molar-refractivity contribution is 7.15. The van der Waals surface area contributed by atoms with Gasteiger partial charge >= 0.3 is 0 Å². The number of carbonyl (C=O) groups is 1. The molecule has 0 saturated carbocycles. The molecule has 1 amide bonds. The van der Waals surface area contributed by atoms with Crippen molar-refractivity contribution < 1.29 is 4.79 Å². The number of nitrogens with zero attached hydrogens (tertiary/aromatic N) is 2. The zero-order chi connectivity index (χ0) is 14.3. The first-order valence-corrected chi connectivity index (χ1v) is 7.52. The Morgan fingerprint density at radius 1 is 1.35 bits per heavy atom. The lowest BCUT2D eigenvalue weighted by Gasteiger charge is -2.18. The fraction of sp³-hybridized carbons (Fsp3) is 0.333. The molecule has 4 nitrogen and oxygen atoms in total. The lowest BCUT2D eigenvalue weighted by atomic mass is 10.1. The summed E-state index contributed by atoms with van der Waals surface area (Å²) in [6.45, 7) is 4.88. The summed E-state index contributed by atoms with van der Waals surface area (Å²) in [4.78, 5) is 19.2. The maximum Gasteiger partial charge on any atom is 0.227 e. The molecule has 2 heterocycles. The van der Waals surface area contributed by atoms with E-state index in [1.54, 1.807) is 0 Å². The van der Waals surface area contributed by atoms with Crippen LogP contribution in [0.5, 0.6) is 0 Å². The molecule has 0 unspecified atom stereocenters. The third-order valence-electron chi connectivity index (χ3n) is 3.65. The Labute approximate surface area is 122 Å². The van der Waals surface area contributed by atoms with Crippen molar-refractivity contribution in [1.82, 2.24) is 4.98 Å². The molecule has 3 rings (SSSR count). The molecule has 20 heavy (non-hydrogen) atoms. The van der Waals surface area contributed by atoms with Gasteiger partial charge in [-0.15, -0.1) is 11.3 Å². The summed E-state index contributed by atoms with van der Waals surface area (Å²) < 4.78 is 0. The zero-order valence-electron chi connectivity index (χ0n) is 11.6. The number of hydrogen-bond acceptors (Lipinski definition) is 4. The molecule has 1 aromatic carbocycles. The van der Waals surface area contributed by atoms with Crippen molar-refractivity contribution in [2.45, 2.75) is 26.7 Å². The second-order valence-electron chi connectivity index (χ2n) is 5.11. The molecule has 2 N–H and O–H groups in total. The quantitative estimate of drug-likeness (QED) is 0.923. The first-order valence-electron chi connectivity index (χ1n) is 6.70. The van der Waals surface area contributed by atoms with Gasteiger partial charge in [0.15, 0.2) is 5.13 Å². The highest BCUT2D eigenvalue weighted by atomic mass is 32.1. The summed E-state index contributed by atoms with van der Waals surface area (Å²) in [5.41, 5.74) is 9.87. The Kier molecular flexibility index (Phi) is 3.22. The largest absolute Gasteiger partial charge is 0.375 e. The van der Waals surface area contributed by atoms with Crippen LogP contribution in [0.15, 0.2) is 18.2 Å². The van der Waals surface area contributed by atoms with Gasteiger partial charge in [-0.3, -0.25) is 4.79 Å². The molecule has 104 valence electrons. The zero-order valence-corrected chi connectivity index (χ0v) is 12.5. The van der Waals surface area contributed by atoms with Crippen LogP contribution in [0.3, 0.4) is 0 Å². The molecule has 0 aliphatic carbocycles. The molecule has 0 bridgehead atoms. The van der Waals surface area contributed by atoms with Gasteiger partial charge < -0.3 is 10.6 Å². The van der Waals surface area contributed by atoms with E-state index in [0.29, 0.717) is 11.6 Å². The van der Waals surface area contributed by atoms with Crippen molar-refractivity contribution in [2.24, 2.45) is 0 Å². The van der Waals surface area contributed by atoms with Gasteiger partial charge in [0, 0.05) is 29.1 Å². The lowest BCUT2D eigenvalue weighted by Crippen LogP contribution is -2.24. The number of nitrogens with two attached hydrogens (primary N) is 1. The number of anilines is 2. The molecular weight excluding hydrogens is 270 g/mol. The minimum absolute atomic E-state index is 0.218. The van der Waals surface area contributed by atoms with Crippen molar-refractivity contribution in [2.75, 3.05) is 17.2 Å². The monoisotopic (exact) mass is 287 g/mol. The van der Waals surface area contributed by atoms with Gasteiger partial charge in [-0.05, 0) is 38.0 Å². The summed E-state index contributed by atoms with van der Waals surface area (Å²) >= 11 is 1.50. The summed E-state index contributed by atoms with van der Waals surface area (Å²) in [6.07, 6.45) is 1.60. The number of rotatable bonds is 2. The SMILES string of the molecule is Cc1cc(-c2nc(N)sc2C)ccc1N1CCCC1=O. The first-order chi connectivity index (χ1) is 9.56. The Morgan fingerprint density at radius 2 is 2.15 bits per heavy atom. The number of thiazole rings is 1. The number of benzene rings is 1. The van der Waals surface area contributed by atoms with E-state index in [4.69, 9.17) is 5.73 Å². The number of carbonyl (C=O) groups excluding carboxylic acids is 1. The van der Waals surface area contributed by atoms with E-state index in [1.807, 2.05) is 30.9 Å². The van der Waals surface area contributed by atoms with Crippen molar-refractivity contribution in [3.63, 3.8) is 0 Å². The maximum atomic E-state index is 11.8. The third kappa shape index (κ3) is 2.18. The van der Waals surface area contributed by atoms with Gasteiger partial charge in [0.2, 0.25) is 5.91 Å². The van der Waals surface area contributed by atoms with Gasteiger partial charge in [-0.25, -0.2) is 4.98 Å². The van der Waals surface area contributed by atoms with Gasteiger partial charge in [0.1, 0.15) is 0 Å². The van der Waals surface area contributed by atoms with Crippen molar-refractivity contribution in [3.05, 3.63) is 28.6 Å². The van der Waals surface area contributed by atoms with E-state index in [0.717, 1.165) is 40.4 Å². The van der Waals surface area contributed by atoms with Gasteiger partial charge in [-0.1, -0.05) is 6.07 Å². The van der Waals surface area contributed by atoms with E-state index in [1.165, 1.54) is 11.3 Å². The predicted octanol–water partition coefficient (Wildman–Crippen LogP) is 3.14. The first kappa shape index (κ1) is 13.1. The molecule has 5 heteroatoms. The van der Waals surface area contributed by atoms with Crippen LogP contribution in [0.25, 0.3) is 11.3 Å².